The van der Waals surface area contributed by atoms with Gasteiger partial charge in [0.25, 0.3) is 5.91 Å². The van der Waals surface area contributed by atoms with Crippen molar-refractivity contribution in [1.29, 1.82) is 0 Å². The monoisotopic (exact) mass is 394 g/mol. The summed E-state index contributed by atoms with van der Waals surface area (Å²) in [6, 6.07) is 17.1. The average Bonchev–Trinajstić information content (AvgIpc) is 2.78. The van der Waals surface area contributed by atoms with Gasteiger partial charge >= 0.3 is 0 Å². The van der Waals surface area contributed by atoms with Crippen LogP contribution in [0, 0.1) is 5.92 Å². The Labute approximate surface area is 170 Å². The van der Waals surface area contributed by atoms with E-state index in [1.807, 2.05) is 59.5 Å². The molecule has 1 saturated heterocycles. The minimum atomic E-state index is -0.490. The number of piperidine rings is 1. The second kappa shape index (κ2) is 8.66. The zero-order chi connectivity index (χ0) is 20.2. The Morgan fingerprint density at radius 2 is 1.76 bits per heavy atom. The number of amides is 2. The van der Waals surface area contributed by atoms with Gasteiger partial charge in [-0.15, -0.1) is 0 Å². The van der Waals surface area contributed by atoms with Crippen LogP contribution in [-0.4, -0.2) is 48.1 Å². The number of carbonyl (C=O) groups excluding carboxylic acids is 2. The molecule has 4 rings (SSSR count). The van der Waals surface area contributed by atoms with Crippen LogP contribution in [0.4, 0.5) is 5.69 Å². The molecule has 0 saturated carbocycles. The molecule has 29 heavy (non-hydrogen) atoms. The van der Waals surface area contributed by atoms with E-state index in [4.69, 9.17) is 4.74 Å². The molecule has 2 heterocycles. The lowest BCUT2D eigenvalue weighted by Crippen LogP contribution is -2.43. The van der Waals surface area contributed by atoms with Crippen molar-refractivity contribution in [2.24, 2.45) is 5.92 Å². The Kier molecular flexibility index (Phi) is 5.81. The molecule has 0 aromatic heterocycles. The maximum atomic E-state index is 12.7. The van der Waals surface area contributed by atoms with Gasteiger partial charge in [-0.3, -0.25) is 9.59 Å². The number of nitrogens with zero attached hydrogens (tertiary/aromatic N) is 2. The highest BCUT2D eigenvalue weighted by atomic mass is 16.5. The molecule has 152 valence electrons. The lowest BCUT2D eigenvalue weighted by molar-refractivity contribution is -0.133. The lowest BCUT2D eigenvalue weighted by atomic mass is 9.87. The van der Waals surface area contributed by atoms with Gasteiger partial charge in [0.2, 0.25) is 5.91 Å². The number of likely N-dealkylation sites (tertiary alicyclic amines) is 1. The van der Waals surface area contributed by atoms with Gasteiger partial charge in [0.1, 0.15) is 5.75 Å². The highest BCUT2D eigenvalue weighted by Gasteiger charge is 2.30. The second-order valence-corrected chi connectivity index (χ2v) is 7.63. The molecule has 0 aliphatic carbocycles. The molecule has 6 heteroatoms. The minimum Gasteiger partial charge on any atom is -0.482 e. The minimum absolute atomic E-state index is 0.00791. The lowest BCUT2D eigenvalue weighted by Gasteiger charge is -2.35. The van der Waals surface area contributed by atoms with Gasteiger partial charge in [0.15, 0.2) is 6.61 Å². The van der Waals surface area contributed by atoms with Crippen molar-refractivity contribution in [2.75, 3.05) is 31.1 Å². The first-order valence-corrected chi connectivity index (χ1v) is 10.2. The van der Waals surface area contributed by atoms with Crippen LogP contribution in [0.5, 0.6) is 5.75 Å². The third kappa shape index (κ3) is 4.27. The number of para-hydroxylation sites is 2. The van der Waals surface area contributed by atoms with E-state index in [1.54, 1.807) is 4.90 Å². The molecule has 2 aromatic carbocycles. The molecule has 1 atom stereocenters. The van der Waals surface area contributed by atoms with Gasteiger partial charge in [0, 0.05) is 26.1 Å². The first-order valence-electron chi connectivity index (χ1n) is 10.2. The van der Waals surface area contributed by atoms with E-state index in [1.165, 1.54) is 0 Å². The molecule has 0 bridgehead atoms. The molecule has 0 spiro atoms. The fourth-order valence-corrected chi connectivity index (χ4v) is 4.15. The molecule has 6 nitrogen and oxygen atoms in total. The predicted octanol–water partition coefficient (Wildman–Crippen LogP) is 2.77. The third-order valence-corrected chi connectivity index (χ3v) is 5.84. The Morgan fingerprint density at radius 3 is 2.52 bits per heavy atom. The summed E-state index contributed by atoms with van der Waals surface area (Å²) in [5, 5.41) is 10.6. The Hall–Kier alpha value is -2.86. The number of aliphatic hydroxyl groups excluding tert-OH is 1. The first kappa shape index (κ1) is 19.5. The SMILES string of the molecule is O=C(CCN1C(=O)COc2ccccc21)N1CCC(C(O)c2ccccc2)CC1. The van der Waals surface area contributed by atoms with Gasteiger partial charge in [-0.25, -0.2) is 0 Å². The van der Waals surface area contributed by atoms with E-state index in [9.17, 15) is 14.7 Å². The van der Waals surface area contributed by atoms with Crippen molar-refractivity contribution in [3.8, 4) is 5.75 Å². The van der Waals surface area contributed by atoms with Crippen LogP contribution < -0.4 is 9.64 Å². The normalized spacial score (nSPS) is 18.2. The summed E-state index contributed by atoms with van der Waals surface area (Å²) in [6.45, 7) is 1.64. The fourth-order valence-electron chi connectivity index (χ4n) is 4.15. The van der Waals surface area contributed by atoms with Crippen molar-refractivity contribution < 1.29 is 19.4 Å². The van der Waals surface area contributed by atoms with Crippen molar-refractivity contribution in [1.82, 2.24) is 4.90 Å². The maximum absolute atomic E-state index is 12.7. The average molecular weight is 394 g/mol. The van der Waals surface area contributed by atoms with Gasteiger partial charge in [-0.2, -0.15) is 0 Å². The van der Waals surface area contributed by atoms with Crippen LogP contribution in [0.3, 0.4) is 0 Å². The summed E-state index contributed by atoms with van der Waals surface area (Å²) in [6.07, 6.45) is 1.35. The van der Waals surface area contributed by atoms with Gasteiger partial charge in [-0.1, -0.05) is 42.5 Å². The van der Waals surface area contributed by atoms with E-state index in [0.717, 1.165) is 24.1 Å². The first-order chi connectivity index (χ1) is 14.1. The van der Waals surface area contributed by atoms with Crippen LogP contribution in [0.2, 0.25) is 0 Å². The number of aliphatic hydroxyl groups is 1. The molecule has 2 aliphatic rings. The van der Waals surface area contributed by atoms with Crippen molar-refractivity contribution >= 4 is 17.5 Å². The van der Waals surface area contributed by atoms with E-state index >= 15 is 0 Å². The van der Waals surface area contributed by atoms with Crippen molar-refractivity contribution in [2.45, 2.75) is 25.4 Å². The Morgan fingerprint density at radius 1 is 1.07 bits per heavy atom. The van der Waals surface area contributed by atoms with Crippen LogP contribution in [0.25, 0.3) is 0 Å². The van der Waals surface area contributed by atoms with Crippen molar-refractivity contribution in [3.05, 3.63) is 60.2 Å². The van der Waals surface area contributed by atoms with E-state index in [-0.39, 0.29) is 30.8 Å². The Bertz CT molecular complexity index is 862. The number of carbonyl (C=O) groups is 2. The summed E-state index contributed by atoms with van der Waals surface area (Å²) in [7, 11) is 0. The molecule has 1 fully saturated rings. The van der Waals surface area contributed by atoms with E-state index < -0.39 is 6.10 Å². The topological polar surface area (TPSA) is 70.1 Å². The molecule has 2 aromatic rings. The zero-order valence-electron chi connectivity index (χ0n) is 16.4. The largest absolute Gasteiger partial charge is 0.482 e. The number of rotatable bonds is 5. The number of benzene rings is 2. The van der Waals surface area contributed by atoms with E-state index in [2.05, 4.69) is 0 Å². The standard InChI is InChI=1S/C23H26N2O4/c26-21(12-15-25-19-8-4-5-9-20(19)29-16-22(25)27)24-13-10-18(11-14-24)23(28)17-6-2-1-3-7-17/h1-9,18,23,28H,10-16H2. The quantitative estimate of drug-likeness (QED) is 0.847. The van der Waals surface area contributed by atoms with Gasteiger partial charge in [0.05, 0.1) is 11.8 Å². The fraction of sp³-hybridized carbons (Fsp3) is 0.391. The predicted molar refractivity (Wildman–Crippen MR) is 110 cm³/mol. The number of anilines is 1. The molecular weight excluding hydrogens is 368 g/mol. The highest BCUT2D eigenvalue weighted by Crippen LogP contribution is 2.32. The molecule has 2 amide bonds. The number of hydrogen-bond donors (Lipinski definition) is 1. The van der Waals surface area contributed by atoms with Crippen LogP contribution >= 0.6 is 0 Å². The number of ether oxygens (including phenoxy) is 1. The molecule has 1 N–H and O–H groups in total. The van der Waals surface area contributed by atoms with Crippen LogP contribution in [-0.2, 0) is 9.59 Å². The number of hydrogen-bond acceptors (Lipinski definition) is 4. The summed E-state index contributed by atoms with van der Waals surface area (Å²) in [5.41, 5.74) is 1.66. The summed E-state index contributed by atoms with van der Waals surface area (Å²) >= 11 is 0. The Balaban J connectivity index is 1.30. The maximum Gasteiger partial charge on any atom is 0.265 e. The summed E-state index contributed by atoms with van der Waals surface area (Å²) in [4.78, 5) is 28.4. The molecular formula is C23H26N2O4. The van der Waals surface area contributed by atoms with Gasteiger partial charge in [-0.05, 0) is 36.5 Å². The second-order valence-electron chi connectivity index (χ2n) is 7.63. The highest BCUT2D eigenvalue weighted by molar-refractivity contribution is 5.98. The molecule has 2 aliphatic heterocycles. The molecule has 1 unspecified atom stereocenters. The number of fused-ring (bicyclic) bond motifs is 1. The smallest absolute Gasteiger partial charge is 0.265 e. The van der Waals surface area contributed by atoms with E-state index in [0.29, 0.717) is 25.4 Å². The summed E-state index contributed by atoms with van der Waals surface area (Å²) < 4.78 is 5.45. The van der Waals surface area contributed by atoms with Crippen molar-refractivity contribution in [3.63, 3.8) is 0 Å². The van der Waals surface area contributed by atoms with Gasteiger partial charge < -0.3 is 19.6 Å². The molecule has 0 radical (unpaired) electrons. The zero-order valence-corrected chi connectivity index (χ0v) is 16.4. The van der Waals surface area contributed by atoms with Crippen LogP contribution in [0.15, 0.2) is 54.6 Å². The van der Waals surface area contributed by atoms with Crippen LogP contribution in [0.1, 0.15) is 30.9 Å². The third-order valence-electron chi connectivity index (χ3n) is 5.84. The summed E-state index contributed by atoms with van der Waals surface area (Å²) in [5.74, 6) is 0.764.